The summed E-state index contributed by atoms with van der Waals surface area (Å²) in [6.45, 7) is 0. The summed E-state index contributed by atoms with van der Waals surface area (Å²) in [5.74, 6) is 0.531. The second kappa shape index (κ2) is 8.70. The van der Waals surface area contributed by atoms with E-state index >= 15 is 0 Å². The molecule has 2 nitrogen and oxygen atoms in total. The molecule has 8 aromatic carbocycles. The monoisotopic (exact) mass is 550 g/mol. The number of hydrogen-bond donors (Lipinski definition) is 2. The molecule has 0 spiro atoms. The van der Waals surface area contributed by atoms with Gasteiger partial charge in [0, 0.05) is 0 Å². The second-order valence-corrected chi connectivity index (χ2v) is 11.7. The molecule has 9 rings (SSSR count). The summed E-state index contributed by atoms with van der Waals surface area (Å²) in [7, 11) is 0. The zero-order valence-electron chi connectivity index (χ0n) is 23.3. The molecule has 0 saturated carbocycles. The van der Waals surface area contributed by atoms with E-state index in [0.29, 0.717) is 0 Å². The first-order valence-electron chi connectivity index (χ1n) is 14.6. The van der Waals surface area contributed by atoms with Gasteiger partial charge in [0.25, 0.3) is 0 Å². The topological polar surface area (TPSA) is 40.5 Å². The van der Waals surface area contributed by atoms with Crippen LogP contribution in [0.4, 0.5) is 0 Å². The molecule has 1 aliphatic carbocycles. The molecule has 0 fully saturated rings. The number of fused-ring (bicyclic) bond motifs is 8. The first kappa shape index (κ1) is 24.0. The highest BCUT2D eigenvalue weighted by molar-refractivity contribution is 6.04. The van der Waals surface area contributed by atoms with Crippen molar-refractivity contribution >= 4 is 43.1 Å². The fourth-order valence-electron chi connectivity index (χ4n) is 7.51. The standard InChI is InChI=1S/C41H26O2/c42-34-16-11-28-19-32(14-9-30(28)21-34)41(33-15-10-31-22-35(43)17-12-29(31)20-33)39-24-27-7-2-1-6-26(27)23-38(39)37-18-13-25-5-3-4-8-36(25)40(37)41/h1-24,42-43H. The van der Waals surface area contributed by atoms with Crippen LogP contribution in [0.25, 0.3) is 54.2 Å². The van der Waals surface area contributed by atoms with Gasteiger partial charge in [0.2, 0.25) is 0 Å². The third kappa shape index (κ3) is 3.35. The zero-order chi connectivity index (χ0) is 28.7. The minimum absolute atomic E-state index is 0.266. The van der Waals surface area contributed by atoms with E-state index in [-0.39, 0.29) is 11.5 Å². The first-order valence-corrected chi connectivity index (χ1v) is 14.6. The van der Waals surface area contributed by atoms with E-state index in [0.717, 1.165) is 21.5 Å². The molecule has 0 bridgehead atoms. The van der Waals surface area contributed by atoms with Crippen molar-refractivity contribution in [2.24, 2.45) is 0 Å². The van der Waals surface area contributed by atoms with Gasteiger partial charge in [0.15, 0.2) is 0 Å². The normalized spacial score (nSPS) is 13.5. The third-order valence-electron chi connectivity index (χ3n) is 9.40. The highest BCUT2D eigenvalue weighted by atomic mass is 16.3. The third-order valence-corrected chi connectivity index (χ3v) is 9.40. The van der Waals surface area contributed by atoms with E-state index in [9.17, 15) is 10.2 Å². The second-order valence-electron chi connectivity index (χ2n) is 11.7. The smallest absolute Gasteiger partial charge is 0.116 e. The van der Waals surface area contributed by atoms with Gasteiger partial charge in [-0.1, -0.05) is 97.1 Å². The van der Waals surface area contributed by atoms with E-state index in [4.69, 9.17) is 0 Å². The van der Waals surface area contributed by atoms with Crippen molar-refractivity contribution in [2.45, 2.75) is 5.41 Å². The van der Waals surface area contributed by atoms with Crippen LogP contribution in [-0.4, -0.2) is 10.2 Å². The van der Waals surface area contributed by atoms with Gasteiger partial charge in [-0.15, -0.1) is 0 Å². The van der Waals surface area contributed by atoms with Crippen molar-refractivity contribution in [3.8, 4) is 22.6 Å². The average molecular weight is 551 g/mol. The fraction of sp³-hybridized carbons (Fsp3) is 0.0244. The number of benzene rings is 8. The quantitative estimate of drug-likeness (QED) is 0.225. The maximum absolute atomic E-state index is 10.2. The summed E-state index contributed by atoms with van der Waals surface area (Å²) < 4.78 is 0. The van der Waals surface area contributed by atoms with Crippen molar-refractivity contribution in [2.75, 3.05) is 0 Å². The molecule has 0 amide bonds. The van der Waals surface area contributed by atoms with Gasteiger partial charge < -0.3 is 10.2 Å². The Morgan fingerprint density at radius 1 is 0.372 bits per heavy atom. The van der Waals surface area contributed by atoms with Gasteiger partial charge in [0.05, 0.1) is 5.41 Å². The number of hydrogen-bond acceptors (Lipinski definition) is 2. The Morgan fingerprint density at radius 3 is 1.51 bits per heavy atom. The number of phenols is 2. The van der Waals surface area contributed by atoms with E-state index in [1.807, 2.05) is 24.3 Å². The van der Waals surface area contributed by atoms with Crippen LogP contribution in [0.3, 0.4) is 0 Å². The molecule has 0 radical (unpaired) electrons. The van der Waals surface area contributed by atoms with Crippen LogP contribution in [0.1, 0.15) is 22.3 Å². The van der Waals surface area contributed by atoms with E-state index in [1.54, 1.807) is 12.1 Å². The number of aromatic hydroxyl groups is 2. The van der Waals surface area contributed by atoms with E-state index in [1.165, 1.54) is 54.9 Å². The Bertz CT molecular complexity index is 2350. The fourth-order valence-corrected chi connectivity index (χ4v) is 7.51. The molecule has 2 N–H and O–H groups in total. The van der Waals surface area contributed by atoms with Crippen molar-refractivity contribution in [1.82, 2.24) is 0 Å². The first-order chi connectivity index (χ1) is 21.1. The predicted octanol–water partition coefficient (Wildman–Crippen LogP) is 10.1. The minimum atomic E-state index is -0.617. The van der Waals surface area contributed by atoms with Crippen molar-refractivity contribution < 1.29 is 10.2 Å². The van der Waals surface area contributed by atoms with Crippen LogP contribution < -0.4 is 0 Å². The largest absolute Gasteiger partial charge is 0.508 e. The van der Waals surface area contributed by atoms with Crippen LogP contribution in [-0.2, 0) is 5.41 Å². The molecule has 0 unspecified atom stereocenters. The van der Waals surface area contributed by atoms with Crippen LogP contribution in [0, 0.1) is 0 Å². The van der Waals surface area contributed by atoms with Gasteiger partial charge >= 0.3 is 0 Å². The predicted molar refractivity (Wildman–Crippen MR) is 177 cm³/mol. The molecule has 0 saturated heterocycles. The van der Waals surface area contributed by atoms with Crippen LogP contribution in [0.2, 0.25) is 0 Å². The SMILES string of the molecule is Oc1ccc2cc(C3(c4ccc5cc(O)ccc5c4)c4cc5ccccc5cc4-c4ccc5ccccc5c43)ccc2c1. The molecular weight excluding hydrogens is 524 g/mol. The van der Waals surface area contributed by atoms with Crippen molar-refractivity contribution in [1.29, 1.82) is 0 Å². The molecule has 1 aliphatic rings. The lowest BCUT2D eigenvalue weighted by atomic mass is 9.66. The Hall–Kier alpha value is -5.60. The summed E-state index contributed by atoms with van der Waals surface area (Å²) in [6, 6.07) is 51.1. The van der Waals surface area contributed by atoms with Gasteiger partial charge in [-0.2, -0.15) is 0 Å². The highest BCUT2D eigenvalue weighted by Crippen LogP contribution is 2.59. The molecule has 43 heavy (non-hydrogen) atoms. The Kier molecular flexibility index (Phi) is 4.87. The Morgan fingerprint density at radius 2 is 0.860 bits per heavy atom. The Balaban J connectivity index is 1.51. The summed E-state index contributed by atoms with van der Waals surface area (Å²) in [5, 5.41) is 29.5. The van der Waals surface area contributed by atoms with Gasteiger partial charge in [-0.25, -0.2) is 0 Å². The summed E-state index contributed by atoms with van der Waals surface area (Å²) in [6.07, 6.45) is 0. The van der Waals surface area contributed by atoms with Gasteiger partial charge in [-0.05, 0) is 125 Å². The molecular formula is C41H26O2. The molecule has 2 heteroatoms. The van der Waals surface area contributed by atoms with Crippen LogP contribution in [0.5, 0.6) is 11.5 Å². The number of rotatable bonds is 2. The molecule has 8 aromatic rings. The molecule has 202 valence electrons. The summed E-state index contributed by atoms with van der Waals surface area (Å²) in [5.41, 5.74) is 6.77. The zero-order valence-corrected chi connectivity index (χ0v) is 23.3. The maximum Gasteiger partial charge on any atom is 0.116 e. The Labute approximate surface area is 248 Å². The van der Waals surface area contributed by atoms with Gasteiger partial charge in [-0.3, -0.25) is 0 Å². The minimum Gasteiger partial charge on any atom is -0.508 e. The maximum atomic E-state index is 10.2. The lowest BCUT2D eigenvalue weighted by Gasteiger charge is -2.35. The van der Waals surface area contributed by atoms with Crippen molar-refractivity contribution in [3.63, 3.8) is 0 Å². The average Bonchev–Trinajstić information content (AvgIpc) is 3.33. The van der Waals surface area contributed by atoms with Gasteiger partial charge in [0.1, 0.15) is 11.5 Å². The highest BCUT2D eigenvalue weighted by Gasteiger charge is 2.47. The lowest BCUT2D eigenvalue weighted by Crippen LogP contribution is -2.29. The van der Waals surface area contributed by atoms with Crippen LogP contribution in [0.15, 0.2) is 146 Å². The molecule has 0 atom stereocenters. The van der Waals surface area contributed by atoms with E-state index < -0.39 is 5.41 Å². The molecule has 0 aliphatic heterocycles. The summed E-state index contributed by atoms with van der Waals surface area (Å²) in [4.78, 5) is 0. The van der Waals surface area contributed by atoms with Crippen LogP contribution >= 0.6 is 0 Å². The summed E-state index contributed by atoms with van der Waals surface area (Å²) >= 11 is 0. The van der Waals surface area contributed by atoms with E-state index in [2.05, 4.69) is 109 Å². The molecule has 0 heterocycles. The number of phenolic OH excluding ortho intramolecular Hbond substituents is 2. The molecule has 0 aromatic heterocycles. The lowest BCUT2D eigenvalue weighted by molar-refractivity contribution is 0.475. The van der Waals surface area contributed by atoms with Crippen molar-refractivity contribution in [3.05, 3.63) is 168 Å².